The molecule has 6 N–H and O–H groups in total. The molecule has 12 nitrogen and oxygen atoms in total. The molecule has 0 fully saturated rings. The molecule has 3 aromatic carbocycles. The Labute approximate surface area is 399 Å². The molecule has 67 heavy (non-hydrogen) atoms. The molecule has 0 aliphatic rings. The number of carboxylic acid groups (broad SMARTS) is 3. The number of aromatic hydroxyl groups is 3. The van der Waals surface area contributed by atoms with Gasteiger partial charge in [0.15, 0.2) is 0 Å². The number of nitro groups is 1. The van der Waals surface area contributed by atoms with Crippen LogP contribution in [-0.2, 0) is 66.1 Å². The van der Waals surface area contributed by atoms with Gasteiger partial charge in [-0.15, -0.1) is 0 Å². The van der Waals surface area contributed by atoms with Crippen molar-refractivity contribution < 1.29 is 49.9 Å². The van der Waals surface area contributed by atoms with Crippen molar-refractivity contribution in [3.05, 3.63) is 96.6 Å². The van der Waals surface area contributed by atoms with E-state index in [4.69, 9.17) is 0 Å². The topological polar surface area (TPSA) is 216 Å². The number of carboxylic acids is 3. The Kier molecular flexibility index (Phi) is 15.4. The van der Waals surface area contributed by atoms with Crippen LogP contribution in [0, 0.1) is 33.3 Å². The first-order valence-corrected chi connectivity index (χ1v) is 23.3. The fourth-order valence-corrected chi connectivity index (χ4v) is 10.1. The van der Waals surface area contributed by atoms with Gasteiger partial charge in [0, 0.05) is 18.8 Å². The van der Waals surface area contributed by atoms with Crippen LogP contribution in [0.4, 0.5) is 0 Å². The molecule has 0 aromatic heterocycles. The third kappa shape index (κ3) is 11.4. The molecule has 0 radical (unpaired) electrons. The van der Waals surface area contributed by atoms with Crippen LogP contribution in [0.15, 0.2) is 36.4 Å². The molecule has 0 heterocycles. The van der Waals surface area contributed by atoms with Crippen molar-refractivity contribution in [1.29, 1.82) is 0 Å². The first-order chi connectivity index (χ1) is 29.8. The first-order valence-electron chi connectivity index (χ1n) is 23.3. The van der Waals surface area contributed by atoms with Crippen molar-refractivity contribution in [3.63, 3.8) is 0 Å². The van der Waals surface area contributed by atoms with E-state index in [0.717, 1.165) is 13.8 Å². The minimum atomic E-state index is -2.76. The van der Waals surface area contributed by atoms with Crippen LogP contribution in [0.25, 0.3) is 0 Å². The third-order valence-corrected chi connectivity index (χ3v) is 13.8. The number of phenolic OH excluding ortho intramolecular Hbond substituents is 3. The van der Waals surface area contributed by atoms with Crippen molar-refractivity contribution in [2.75, 3.05) is 0 Å². The molecule has 0 spiro atoms. The summed E-state index contributed by atoms with van der Waals surface area (Å²) in [6.45, 7) is 36.0. The number of hydrogen-bond donors (Lipinski definition) is 6. The lowest BCUT2D eigenvalue weighted by atomic mass is 9.48. The first kappa shape index (κ1) is 56.2. The van der Waals surface area contributed by atoms with E-state index in [1.807, 2.05) is 125 Å². The average Bonchev–Trinajstić information content (AvgIpc) is 3.11. The maximum atomic E-state index is 14.5. The van der Waals surface area contributed by atoms with Gasteiger partial charge in [-0.2, -0.15) is 0 Å². The lowest BCUT2D eigenvalue weighted by Crippen LogP contribution is -2.67. The third-order valence-electron chi connectivity index (χ3n) is 13.8. The summed E-state index contributed by atoms with van der Waals surface area (Å²) in [5.41, 5.74) is -5.74. The van der Waals surface area contributed by atoms with E-state index >= 15 is 0 Å². The van der Waals surface area contributed by atoms with Crippen molar-refractivity contribution in [2.45, 2.75) is 196 Å². The maximum Gasteiger partial charge on any atom is 0.307 e. The van der Waals surface area contributed by atoms with Crippen LogP contribution in [0.2, 0.25) is 0 Å². The highest BCUT2D eigenvalue weighted by molar-refractivity contribution is 5.82. The summed E-state index contributed by atoms with van der Waals surface area (Å²) in [5, 5.41) is 84.4. The summed E-state index contributed by atoms with van der Waals surface area (Å²) in [7, 11) is 0. The summed E-state index contributed by atoms with van der Waals surface area (Å²) >= 11 is 0. The van der Waals surface area contributed by atoms with E-state index < -0.39 is 103 Å². The van der Waals surface area contributed by atoms with E-state index in [0.29, 0.717) is 50.1 Å². The van der Waals surface area contributed by atoms with Gasteiger partial charge in [-0.05, 0) is 102 Å². The standard InChI is InChI=1S/C55H81NO11/c1-48(2,3)33-21-30(22-34(42(33)57)49(4,5)6)27-39(45(60)61)55(54(19,20)56(66)67,40(46(62)63)28-31-23-35(50(7,8)9)43(58)36(24-31)51(10,11)12)41(47(64)65)29-32-25-37(52(13,14)15)44(59)38(26-32)53(16,17)18/h21-26,39-41,57-59H,27-29H2,1-20H3,(H,60,61)(H,62,63)(H,64,65). The monoisotopic (exact) mass is 932 g/mol. The fourth-order valence-electron chi connectivity index (χ4n) is 10.1. The van der Waals surface area contributed by atoms with Gasteiger partial charge in [0.05, 0.1) is 23.2 Å². The van der Waals surface area contributed by atoms with Crippen molar-refractivity contribution in [1.82, 2.24) is 0 Å². The quantitative estimate of drug-likeness (QED) is 0.0660. The fraction of sp³-hybridized carbons (Fsp3) is 0.618. The van der Waals surface area contributed by atoms with Gasteiger partial charge in [-0.3, -0.25) is 24.5 Å². The van der Waals surface area contributed by atoms with Gasteiger partial charge in [-0.1, -0.05) is 161 Å². The minimum Gasteiger partial charge on any atom is -0.507 e. The molecule has 3 rings (SSSR count). The zero-order valence-electron chi connectivity index (χ0n) is 44.0. The molecule has 0 aliphatic heterocycles. The molecule has 0 bridgehead atoms. The van der Waals surface area contributed by atoms with Crippen LogP contribution in [0.1, 0.15) is 189 Å². The van der Waals surface area contributed by atoms with Crippen molar-refractivity contribution in [2.24, 2.45) is 23.2 Å². The molecular weight excluding hydrogens is 851 g/mol. The maximum absolute atomic E-state index is 14.5. The van der Waals surface area contributed by atoms with Crippen molar-refractivity contribution in [3.8, 4) is 17.2 Å². The molecular formula is C55H81NO11. The highest BCUT2D eigenvalue weighted by Crippen LogP contribution is 2.57. The Morgan fingerprint density at radius 3 is 0.701 bits per heavy atom. The average molecular weight is 932 g/mol. The zero-order chi connectivity index (χ0) is 52.3. The van der Waals surface area contributed by atoms with E-state index in [1.165, 1.54) is 0 Å². The molecule has 0 saturated carbocycles. The largest absolute Gasteiger partial charge is 0.507 e. The molecule has 0 amide bonds. The highest BCUT2D eigenvalue weighted by atomic mass is 16.6. The molecule has 372 valence electrons. The van der Waals surface area contributed by atoms with Gasteiger partial charge >= 0.3 is 17.9 Å². The number of rotatable bonds is 14. The molecule has 3 atom stereocenters. The van der Waals surface area contributed by atoms with Gasteiger partial charge < -0.3 is 30.6 Å². The smallest absolute Gasteiger partial charge is 0.307 e. The van der Waals surface area contributed by atoms with Crippen LogP contribution in [-0.4, -0.2) is 59.0 Å². The van der Waals surface area contributed by atoms with E-state index in [2.05, 4.69) is 0 Å². The van der Waals surface area contributed by atoms with E-state index in [9.17, 15) is 55.1 Å². The summed E-state index contributed by atoms with van der Waals surface area (Å²) < 4.78 is 0. The predicted octanol–water partition coefficient (Wildman–Crippen LogP) is 11.8. The number of phenols is 3. The molecule has 0 saturated heterocycles. The van der Waals surface area contributed by atoms with Gasteiger partial charge in [0.2, 0.25) is 5.54 Å². The Balaban J connectivity index is 2.81. The number of hydrogen-bond acceptors (Lipinski definition) is 8. The molecule has 12 heteroatoms. The van der Waals surface area contributed by atoms with Crippen molar-refractivity contribution >= 4 is 17.9 Å². The Bertz CT molecular complexity index is 2030. The minimum absolute atomic E-state index is 0.00685. The Hall–Kier alpha value is -5.13. The SMILES string of the molecule is CC(C)(C)c1cc(CC(C(=O)O)C(C(Cc2cc(C(C)(C)C)c(O)c(C(C)(C)C)c2)C(=O)O)(C(Cc2cc(C(C)(C)C)c(O)c(C(C)(C)C)c2)C(=O)O)C(C)(C)[N+](=O)[O-])cc(C(C)(C)C)c1O. The normalized spacial score (nSPS) is 15.6. The molecule has 3 aromatic rings. The zero-order valence-corrected chi connectivity index (χ0v) is 44.0. The lowest BCUT2D eigenvalue weighted by molar-refractivity contribution is -0.590. The second kappa shape index (κ2) is 18.4. The Morgan fingerprint density at radius 2 is 0.582 bits per heavy atom. The second-order valence-electron chi connectivity index (χ2n) is 25.7. The van der Waals surface area contributed by atoms with E-state index in [1.54, 1.807) is 36.4 Å². The van der Waals surface area contributed by atoms with E-state index in [-0.39, 0.29) is 17.2 Å². The number of aliphatic carboxylic acids is 3. The highest BCUT2D eigenvalue weighted by Gasteiger charge is 2.71. The van der Waals surface area contributed by atoms with Gasteiger partial charge in [-0.25, -0.2) is 0 Å². The predicted molar refractivity (Wildman–Crippen MR) is 265 cm³/mol. The van der Waals surface area contributed by atoms with Gasteiger partial charge in [0.25, 0.3) is 0 Å². The summed E-state index contributed by atoms with van der Waals surface area (Å²) in [6.07, 6.45) is -1.63. The lowest BCUT2D eigenvalue weighted by Gasteiger charge is -2.51. The molecule has 0 aliphatic carbocycles. The van der Waals surface area contributed by atoms with Gasteiger partial charge in [0.1, 0.15) is 17.2 Å². The second-order valence-corrected chi connectivity index (χ2v) is 25.7. The number of benzene rings is 3. The summed E-state index contributed by atoms with van der Waals surface area (Å²) in [5.74, 6) is -11.1. The number of nitrogens with zero attached hydrogens (tertiary/aromatic N) is 1. The van der Waals surface area contributed by atoms with Crippen LogP contribution >= 0.6 is 0 Å². The van der Waals surface area contributed by atoms with Crippen LogP contribution < -0.4 is 0 Å². The van der Waals surface area contributed by atoms with Crippen LogP contribution in [0.5, 0.6) is 17.2 Å². The Morgan fingerprint density at radius 1 is 0.418 bits per heavy atom. The molecule has 3 unspecified atom stereocenters. The number of carbonyl (C=O) groups is 3. The summed E-state index contributed by atoms with van der Waals surface area (Å²) in [6, 6.07) is 9.79. The van der Waals surface area contributed by atoms with Crippen LogP contribution in [0.3, 0.4) is 0 Å². The summed E-state index contributed by atoms with van der Waals surface area (Å²) in [4.78, 5) is 56.8.